The first-order chi connectivity index (χ1) is 28.8. The van der Waals surface area contributed by atoms with Crippen molar-refractivity contribution in [1.29, 1.82) is 0 Å². The number of carbonyl (C=O) groups excluding carboxylic acids is 3. The number of hydrogen-bond acceptors (Lipinski definition) is 10. The van der Waals surface area contributed by atoms with Crippen LogP contribution in [0, 0.1) is 0 Å². The minimum absolute atomic E-state index is 0.0524. The monoisotopic (exact) mass is 834 g/mol. The summed E-state index contributed by atoms with van der Waals surface area (Å²) in [5.74, 6) is 1.21. The van der Waals surface area contributed by atoms with Crippen LogP contribution in [0.25, 0.3) is 0 Å². The van der Waals surface area contributed by atoms with E-state index < -0.39 is 5.97 Å². The maximum atomic E-state index is 12.4. The number of hydrogen-bond donors (Lipinski definition) is 0. The lowest BCUT2D eigenvalue weighted by Gasteiger charge is -2.15. The van der Waals surface area contributed by atoms with E-state index in [1.807, 2.05) is 26.2 Å². The summed E-state index contributed by atoms with van der Waals surface area (Å²) < 4.78 is 34.3. The summed E-state index contributed by atoms with van der Waals surface area (Å²) in [4.78, 5) is 38.4. The molecule has 59 heavy (non-hydrogen) atoms. The predicted molar refractivity (Wildman–Crippen MR) is 240 cm³/mol. The SMILES string of the molecule is CCCCCCCCCC(=O)OCCCCCCCCOc1ccc(OCCCCCCCCOC(=O)CCCCCCCCC)c(OCC(=O)OCCCN(C)C)c1. The Morgan fingerprint density at radius 2 is 0.831 bits per heavy atom. The first-order valence-corrected chi connectivity index (χ1v) is 24.0. The molecule has 10 nitrogen and oxygen atoms in total. The van der Waals surface area contributed by atoms with Gasteiger partial charge >= 0.3 is 17.9 Å². The highest BCUT2D eigenvalue weighted by molar-refractivity contribution is 5.71. The van der Waals surface area contributed by atoms with Crippen LogP contribution < -0.4 is 14.2 Å². The van der Waals surface area contributed by atoms with Gasteiger partial charge in [0, 0.05) is 25.5 Å². The number of unbranched alkanes of at least 4 members (excludes halogenated alkanes) is 22. The van der Waals surface area contributed by atoms with Gasteiger partial charge in [-0.3, -0.25) is 9.59 Å². The fourth-order valence-corrected chi connectivity index (χ4v) is 6.72. The van der Waals surface area contributed by atoms with Crippen LogP contribution in [0.15, 0.2) is 18.2 Å². The molecule has 0 aliphatic rings. The Kier molecular flexibility index (Phi) is 37.0. The van der Waals surface area contributed by atoms with Crippen LogP contribution in [-0.4, -0.2) is 83.1 Å². The van der Waals surface area contributed by atoms with Crippen molar-refractivity contribution in [1.82, 2.24) is 4.90 Å². The molecule has 0 aromatic heterocycles. The molecule has 0 N–H and O–H groups in total. The molecule has 342 valence electrons. The number of nitrogens with zero attached hydrogens (tertiary/aromatic N) is 1. The fraction of sp³-hybridized carbons (Fsp3) is 0.816. The molecule has 0 saturated heterocycles. The molecule has 1 aromatic carbocycles. The normalized spacial score (nSPS) is 11.1. The van der Waals surface area contributed by atoms with E-state index in [0.717, 1.165) is 116 Å². The van der Waals surface area contributed by atoms with E-state index in [9.17, 15) is 14.4 Å². The third-order valence-electron chi connectivity index (χ3n) is 10.4. The summed E-state index contributed by atoms with van der Waals surface area (Å²) in [5, 5.41) is 0. The second kappa shape index (κ2) is 40.4. The van der Waals surface area contributed by atoms with Crippen LogP contribution in [0.5, 0.6) is 17.2 Å². The zero-order valence-corrected chi connectivity index (χ0v) is 38.3. The topological polar surface area (TPSA) is 110 Å². The fourth-order valence-electron chi connectivity index (χ4n) is 6.72. The number of rotatable bonds is 43. The Bertz CT molecular complexity index is 1140. The number of esters is 3. The van der Waals surface area contributed by atoms with E-state index in [1.165, 1.54) is 64.2 Å². The van der Waals surface area contributed by atoms with Crippen LogP contribution in [0.1, 0.15) is 200 Å². The molecule has 0 aliphatic carbocycles. The zero-order valence-electron chi connectivity index (χ0n) is 38.3. The lowest BCUT2D eigenvalue weighted by Crippen LogP contribution is -2.19. The van der Waals surface area contributed by atoms with Gasteiger partial charge in [0.2, 0.25) is 0 Å². The Hall–Kier alpha value is -3.01. The molecule has 0 heterocycles. The lowest BCUT2D eigenvalue weighted by molar-refractivity contribution is -0.146. The van der Waals surface area contributed by atoms with E-state index in [2.05, 4.69) is 18.7 Å². The molecular formula is C49H87NO9. The largest absolute Gasteiger partial charge is 0.493 e. The summed E-state index contributed by atoms with van der Waals surface area (Å²) in [6.45, 7) is 7.63. The Morgan fingerprint density at radius 1 is 0.424 bits per heavy atom. The van der Waals surface area contributed by atoms with Gasteiger partial charge in [0.05, 0.1) is 33.0 Å². The van der Waals surface area contributed by atoms with Crippen LogP contribution in [0.4, 0.5) is 0 Å². The average molecular weight is 834 g/mol. The Balaban J connectivity index is 2.29. The molecule has 0 aliphatic heterocycles. The van der Waals surface area contributed by atoms with Gasteiger partial charge in [-0.15, -0.1) is 0 Å². The summed E-state index contributed by atoms with van der Waals surface area (Å²) in [5.41, 5.74) is 0. The van der Waals surface area contributed by atoms with Gasteiger partial charge in [-0.25, -0.2) is 4.79 Å². The number of carbonyl (C=O) groups is 3. The molecule has 0 fully saturated rings. The highest BCUT2D eigenvalue weighted by Crippen LogP contribution is 2.32. The van der Waals surface area contributed by atoms with Crippen LogP contribution >= 0.6 is 0 Å². The van der Waals surface area contributed by atoms with E-state index in [4.69, 9.17) is 28.4 Å². The van der Waals surface area contributed by atoms with E-state index in [0.29, 0.717) is 63.1 Å². The molecule has 0 saturated carbocycles. The maximum absolute atomic E-state index is 12.4. The van der Waals surface area contributed by atoms with Gasteiger partial charge in [-0.05, 0) is 71.2 Å². The van der Waals surface area contributed by atoms with Gasteiger partial charge in [-0.1, -0.05) is 142 Å². The molecule has 0 spiro atoms. The van der Waals surface area contributed by atoms with E-state index in [1.54, 1.807) is 6.07 Å². The van der Waals surface area contributed by atoms with Crippen molar-refractivity contribution >= 4 is 17.9 Å². The van der Waals surface area contributed by atoms with Gasteiger partial charge in [0.15, 0.2) is 18.1 Å². The molecule has 0 amide bonds. The van der Waals surface area contributed by atoms with Crippen molar-refractivity contribution in [3.63, 3.8) is 0 Å². The quantitative estimate of drug-likeness (QED) is 0.0358. The molecule has 0 bridgehead atoms. The van der Waals surface area contributed by atoms with Crippen molar-refractivity contribution in [2.24, 2.45) is 0 Å². The second-order valence-corrected chi connectivity index (χ2v) is 16.4. The smallest absolute Gasteiger partial charge is 0.344 e. The molecule has 0 atom stereocenters. The molecule has 1 rings (SSSR count). The van der Waals surface area contributed by atoms with Crippen LogP contribution in [0.2, 0.25) is 0 Å². The Morgan fingerprint density at radius 3 is 1.32 bits per heavy atom. The third kappa shape index (κ3) is 35.5. The van der Waals surface area contributed by atoms with E-state index in [-0.39, 0.29) is 18.5 Å². The standard InChI is InChI=1S/C49H87NO9/c1-5-7-9-11-13-19-25-32-47(51)56-39-29-23-17-15-21-27-37-54-44-34-35-45(46(42-44)59-43-49(53)58-41-31-36-50(3)4)55-38-28-22-16-18-24-30-40-57-48(52)33-26-20-14-12-10-8-6-2/h34-35,42H,5-33,36-41,43H2,1-4H3. The minimum Gasteiger partial charge on any atom is -0.493 e. The summed E-state index contributed by atoms with van der Waals surface area (Å²) >= 11 is 0. The first-order valence-electron chi connectivity index (χ1n) is 24.0. The third-order valence-corrected chi connectivity index (χ3v) is 10.4. The summed E-state index contributed by atoms with van der Waals surface area (Å²) in [7, 11) is 3.98. The minimum atomic E-state index is -0.411. The molecular weight excluding hydrogens is 747 g/mol. The summed E-state index contributed by atoms with van der Waals surface area (Å²) in [6, 6.07) is 5.53. The van der Waals surface area contributed by atoms with Crippen molar-refractivity contribution < 1.29 is 42.8 Å². The van der Waals surface area contributed by atoms with Crippen molar-refractivity contribution in [2.75, 3.05) is 60.3 Å². The second-order valence-electron chi connectivity index (χ2n) is 16.4. The zero-order chi connectivity index (χ0) is 42.9. The highest BCUT2D eigenvalue weighted by Gasteiger charge is 2.12. The molecule has 0 unspecified atom stereocenters. The average Bonchev–Trinajstić information content (AvgIpc) is 3.22. The van der Waals surface area contributed by atoms with Gasteiger partial charge in [0.25, 0.3) is 0 Å². The molecule has 1 aromatic rings. The lowest BCUT2D eigenvalue weighted by atomic mass is 10.1. The summed E-state index contributed by atoms with van der Waals surface area (Å²) in [6.07, 6.45) is 31.0. The van der Waals surface area contributed by atoms with Gasteiger partial charge in [0.1, 0.15) is 5.75 Å². The van der Waals surface area contributed by atoms with Gasteiger partial charge in [-0.2, -0.15) is 0 Å². The first kappa shape index (κ1) is 54.0. The van der Waals surface area contributed by atoms with Gasteiger partial charge < -0.3 is 33.3 Å². The van der Waals surface area contributed by atoms with E-state index >= 15 is 0 Å². The Labute approximate surface area is 360 Å². The maximum Gasteiger partial charge on any atom is 0.344 e. The van der Waals surface area contributed by atoms with Crippen molar-refractivity contribution in [3.05, 3.63) is 18.2 Å². The van der Waals surface area contributed by atoms with Crippen molar-refractivity contribution in [3.8, 4) is 17.2 Å². The number of benzene rings is 1. The number of ether oxygens (including phenoxy) is 6. The molecule has 10 heteroatoms. The highest BCUT2D eigenvalue weighted by atomic mass is 16.6. The van der Waals surface area contributed by atoms with Crippen LogP contribution in [0.3, 0.4) is 0 Å². The van der Waals surface area contributed by atoms with Crippen molar-refractivity contribution in [2.45, 2.75) is 200 Å². The van der Waals surface area contributed by atoms with Crippen LogP contribution in [-0.2, 0) is 28.6 Å². The molecule has 0 radical (unpaired) electrons. The predicted octanol–water partition coefficient (Wildman–Crippen LogP) is 12.4.